The highest BCUT2D eigenvalue weighted by Gasteiger charge is 2.29. The van der Waals surface area contributed by atoms with Crippen molar-refractivity contribution in [1.29, 1.82) is 0 Å². The summed E-state index contributed by atoms with van der Waals surface area (Å²) in [5.74, 6) is 0. The first kappa shape index (κ1) is 86.4. The van der Waals surface area contributed by atoms with Gasteiger partial charge in [0.2, 0.25) is 0 Å². The van der Waals surface area contributed by atoms with E-state index in [0.29, 0.717) is 11.1 Å². The highest BCUT2D eigenvalue weighted by molar-refractivity contribution is 7.26. The molecule has 0 unspecified atom stereocenters. The molecule has 0 amide bonds. The smallest absolute Gasteiger partial charge is 0.143 e. The molecule has 0 saturated carbocycles. The summed E-state index contributed by atoms with van der Waals surface area (Å²) in [7, 11) is 0. The summed E-state index contributed by atoms with van der Waals surface area (Å²) in [4.78, 5) is 0. The zero-order chi connectivity index (χ0) is 101. The van der Waals surface area contributed by atoms with Crippen LogP contribution in [0.1, 0.15) is 165 Å². The first-order valence-corrected chi connectivity index (χ1v) is 49.7. The van der Waals surface area contributed by atoms with Crippen molar-refractivity contribution < 1.29 is 20.1 Å². The van der Waals surface area contributed by atoms with Crippen LogP contribution in [0, 0.1) is 0 Å². The molecule has 684 valence electrons. The average molecular weight is 1840 g/mol. The van der Waals surface area contributed by atoms with Gasteiger partial charge < -0.3 is 17.8 Å². The average Bonchev–Trinajstić information content (AvgIpc) is 1.61. The summed E-state index contributed by atoms with van der Waals surface area (Å²) in [5.41, 5.74) is 28.1. The van der Waals surface area contributed by atoms with Crippen molar-refractivity contribution in [2.24, 2.45) is 0 Å². The molecular weight excluding hydrogens is 1710 g/mol. The van der Waals surface area contributed by atoms with E-state index >= 15 is 0 Å². The molecule has 0 N–H and O–H groups in total. The van der Waals surface area contributed by atoms with E-state index in [9.17, 15) is 0 Å². The molecule has 0 bridgehead atoms. The zero-order valence-electron chi connectivity index (χ0n) is 87.3. The summed E-state index contributed by atoms with van der Waals surface area (Å²) in [5, 5.41) is 14.9. The van der Waals surface area contributed by atoms with Gasteiger partial charge in [-0.15, -0.1) is 22.7 Å². The molecule has 24 rings (SSSR count). The fraction of sp³-hybridized carbons (Fsp3) is 0.182. The third-order valence-corrected chi connectivity index (χ3v) is 28.7. The zero-order valence-corrected chi connectivity index (χ0v) is 83.9. The van der Waals surface area contributed by atoms with Gasteiger partial charge in [0.05, 0.1) is 17.9 Å². The van der Waals surface area contributed by atoms with Gasteiger partial charge in [-0.05, 0) is 142 Å². The fourth-order valence-electron chi connectivity index (χ4n) is 19.7. The van der Waals surface area contributed by atoms with Gasteiger partial charge in [0.25, 0.3) is 0 Å². The third kappa shape index (κ3) is 18.3. The number of fused-ring (bicyclic) bond motifs is 18. The summed E-state index contributed by atoms with van der Waals surface area (Å²) in [6.45, 7) is 40.4. The molecule has 6 aromatic heterocycles. The molecule has 138 heavy (non-hydrogen) atoms. The number of furan rings is 3. The number of benzene rings is 18. The minimum atomic E-state index is -0.398. The number of thiophene rings is 2. The predicted octanol–water partition coefficient (Wildman–Crippen LogP) is 39.8. The lowest BCUT2D eigenvalue weighted by atomic mass is 9.83. The Kier molecular flexibility index (Phi) is 23.5. The Bertz CT molecular complexity index is 8460. The Balaban J connectivity index is 0.000000109. The molecule has 6 heteroatoms. The van der Waals surface area contributed by atoms with Crippen molar-refractivity contribution >= 4 is 151 Å². The van der Waals surface area contributed by atoms with Gasteiger partial charge in [-0.1, -0.05) is 488 Å². The Morgan fingerprint density at radius 3 is 1.02 bits per heavy atom. The monoisotopic (exact) mass is 1840 g/mol. The Morgan fingerprint density at radius 1 is 0.210 bits per heavy atom. The van der Waals surface area contributed by atoms with Crippen LogP contribution in [0.3, 0.4) is 0 Å². The standard InChI is InChI=1S/C22H21N.3C22H20O.2C22H20S/c1-22(2,3)18-12-6-9-15-21(18)23-19-13-7-4-10-16(19)17-11-5-8-14-20(17)23;1-22(2,3)17-12-8-14-19-21(17)20-16(11-7-13-18(20)23-19)15-9-5-4-6-10-15;2*1-22(2,3)19-14-8-13-18-17-12-7-11-16(20(17)23-21(18)19)15-9-5-4-6-10-15;1-22(2,3)17-12-8-14-19-21(17)20-16(11-7-13-18(20)23-19)15-9-5-4-6-10-15;1-22(2,3)19-14-8-13-18-17-12-7-11-16(20(17)23-21(18)19)15-9-5-4-6-10-15/h4-15H,1-3H3;5*4-14H,1-3H3/i;;4D,5D,6D,9D,10D;;;. The van der Waals surface area contributed by atoms with Crippen LogP contribution < -0.4 is 0 Å². The topological polar surface area (TPSA) is 44.4 Å². The number of rotatable bonds is 6. The van der Waals surface area contributed by atoms with E-state index in [1.807, 2.05) is 59.1 Å². The van der Waals surface area contributed by atoms with Crippen molar-refractivity contribution in [2.45, 2.75) is 157 Å². The van der Waals surface area contributed by atoms with Crippen molar-refractivity contribution in [3.05, 3.63) is 440 Å². The van der Waals surface area contributed by atoms with Crippen molar-refractivity contribution in [3.8, 4) is 61.3 Å². The molecule has 24 aromatic rings. The molecule has 0 aliphatic carbocycles. The largest absolute Gasteiger partial charge is 0.456 e. The van der Waals surface area contributed by atoms with Crippen LogP contribution in [0.15, 0.2) is 420 Å². The first-order valence-electron chi connectivity index (χ1n) is 50.5. The Morgan fingerprint density at radius 2 is 0.529 bits per heavy atom. The van der Waals surface area contributed by atoms with Crippen LogP contribution in [0.2, 0.25) is 0 Å². The highest BCUT2D eigenvalue weighted by atomic mass is 32.1. The summed E-state index contributed by atoms with van der Waals surface area (Å²) >= 11 is 3.84. The highest BCUT2D eigenvalue weighted by Crippen LogP contribution is 2.50. The molecule has 0 spiro atoms. The molecule has 4 nitrogen and oxygen atoms in total. The molecule has 0 fully saturated rings. The molecule has 0 aliphatic heterocycles. The van der Waals surface area contributed by atoms with Gasteiger partial charge in [-0.25, -0.2) is 0 Å². The van der Waals surface area contributed by atoms with Crippen LogP contribution in [0.5, 0.6) is 0 Å². The van der Waals surface area contributed by atoms with Gasteiger partial charge in [-0.2, -0.15) is 0 Å². The van der Waals surface area contributed by atoms with Crippen molar-refractivity contribution in [3.63, 3.8) is 0 Å². The SMILES string of the molecule is CC(C)(C)c1cccc2c1oc1c(-c3ccccc3)cccc12.CC(C)(C)c1cccc2c1sc1c(-c3ccccc3)cccc12.CC(C)(C)c1cccc2oc3cccc(-c4ccccc4)c3c12.CC(C)(C)c1cccc2sc3cccc(-c4ccccc4)c3c12.CC(C)(C)c1ccccc1-n1c2ccccc2c2ccccc21.[2H]c1c([2H])c([2H])c(-c2cccc3c2oc2c(C(C)(C)C)cccc23)c([2H])c1[2H]. The summed E-state index contributed by atoms with van der Waals surface area (Å²) in [6.07, 6.45) is 0. The second-order valence-electron chi connectivity index (χ2n) is 42.2. The second kappa shape index (κ2) is 37.6. The number of aromatic nitrogens is 1. The Labute approximate surface area is 827 Å². The molecule has 0 atom stereocenters. The third-order valence-electron chi connectivity index (χ3n) is 26.3. The molecule has 18 aromatic carbocycles. The van der Waals surface area contributed by atoms with E-state index in [0.717, 1.165) is 49.8 Å². The van der Waals surface area contributed by atoms with E-state index in [-0.39, 0.29) is 62.2 Å². The minimum Gasteiger partial charge on any atom is -0.456 e. The van der Waals surface area contributed by atoms with Crippen LogP contribution in [-0.2, 0) is 32.5 Å². The number of hydrogen-bond donors (Lipinski definition) is 0. The van der Waals surface area contributed by atoms with E-state index in [1.54, 1.807) is 6.07 Å². The minimum absolute atomic E-state index is 0.0558. The molecule has 6 heterocycles. The normalized spacial score (nSPS) is 12.6. The van der Waals surface area contributed by atoms with Crippen molar-refractivity contribution in [1.82, 2.24) is 4.57 Å². The van der Waals surface area contributed by atoms with Crippen LogP contribution in [-0.4, -0.2) is 4.57 Å². The molecule has 0 saturated heterocycles. The van der Waals surface area contributed by atoms with E-state index in [2.05, 4.69) is 463 Å². The predicted molar refractivity (Wildman–Crippen MR) is 600 cm³/mol. The second-order valence-corrected chi connectivity index (χ2v) is 44.3. The maximum atomic E-state index is 8.31. The maximum Gasteiger partial charge on any atom is 0.143 e. The van der Waals surface area contributed by atoms with E-state index in [4.69, 9.17) is 20.1 Å². The van der Waals surface area contributed by atoms with Crippen LogP contribution in [0.25, 0.3) is 189 Å². The Hall–Kier alpha value is -14.4. The van der Waals surface area contributed by atoms with Crippen LogP contribution >= 0.6 is 22.7 Å². The number of hydrogen-bond acceptors (Lipinski definition) is 5. The first-order chi connectivity index (χ1) is 68.4. The van der Waals surface area contributed by atoms with Gasteiger partial charge in [-0.3, -0.25) is 0 Å². The van der Waals surface area contributed by atoms with Crippen LogP contribution in [0.4, 0.5) is 0 Å². The van der Waals surface area contributed by atoms with Crippen molar-refractivity contribution in [2.75, 3.05) is 0 Å². The van der Waals surface area contributed by atoms with E-state index in [1.165, 1.54) is 156 Å². The molecule has 0 radical (unpaired) electrons. The van der Waals surface area contributed by atoms with Gasteiger partial charge in [0.15, 0.2) is 0 Å². The fourth-order valence-corrected chi connectivity index (χ4v) is 22.4. The lowest BCUT2D eigenvalue weighted by molar-refractivity contribution is 0.572. The van der Waals surface area contributed by atoms with Gasteiger partial charge >= 0.3 is 0 Å². The van der Waals surface area contributed by atoms with Gasteiger partial charge in [0.1, 0.15) is 33.5 Å². The lowest BCUT2D eigenvalue weighted by Gasteiger charge is -2.24. The number of nitrogens with zero attached hydrogens (tertiary/aromatic N) is 1. The number of para-hydroxylation sites is 7. The maximum absolute atomic E-state index is 8.31. The summed E-state index contributed by atoms with van der Waals surface area (Å²) in [6, 6.07) is 131. The molecule has 0 aliphatic rings. The summed E-state index contributed by atoms with van der Waals surface area (Å²) < 4.78 is 67.2. The lowest BCUT2D eigenvalue weighted by Crippen LogP contribution is -2.15. The quantitative estimate of drug-likeness (QED) is 0.167. The van der Waals surface area contributed by atoms with E-state index < -0.39 is 6.04 Å². The molecular formula is C132H121NO3S2. The van der Waals surface area contributed by atoms with Gasteiger partial charge in [0, 0.05) is 111 Å².